The molecule has 1 unspecified atom stereocenters. The molecule has 2 aromatic heterocycles. The van der Waals surface area contributed by atoms with Crippen LogP contribution in [-0.4, -0.2) is 21.1 Å². The Bertz CT molecular complexity index is 541. The minimum absolute atomic E-state index is 0.0281. The van der Waals surface area contributed by atoms with Crippen molar-refractivity contribution < 1.29 is 9.13 Å². The second-order valence-electron chi connectivity index (χ2n) is 3.83. The molecule has 2 aromatic rings. The van der Waals surface area contributed by atoms with Crippen molar-refractivity contribution in [3.05, 3.63) is 41.9 Å². The number of imidazole rings is 1. The molecule has 2 rings (SSSR count). The third kappa shape index (κ3) is 2.19. The first-order chi connectivity index (χ1) is 8.65. The number of pyridine rings is 1. The number of hydrogen-bond donors (Lipinski definition) is 1. The van der Waals surface area contributed by atoms with Crippen molar-refractivity contribution in [2.24, 2.45) is 12.8 Å². The SMILES string of the molecule is CCOc1nccc(C(N)c2nccn2C)c1F. The standard InChI is InChI=1S/C12H15FN4O/c1-3-18-12-9(13)8(4-5-16-12)10(14)11-15-6-7-17(11)2/h4-7,10H,3,14H2,1-2H3. The molecular weight excluding hydrogens is 235 g/mol. The highest BCUT2D eigenvalue weighted by Gasteiger charge is 2.20. The molecule has 6 heteroatoms. The second kappa shape index (κ2) is 5.14. The van der Waals surface area contributed by atoms with Gasteiger partial charge in [0.2, 0.25) is 0 Å². The molecular formula is C12H15FN4O. The summed E-state index contributed by atoms with van der Waals surface area (Å²) < 4.78 is 21.0. The molecule has 2 heterocycles. The zero-order valence-electron chi connectivity index (χ0n) is 10.3. The summed E-state index contributed by atoms with van der Waals surface area (Å²) in [5.41, 5.74) is 6.34. The fourth-order valence-electron chi connectivity index (χ4n) is 1.73. The van der Waals surface area contributed by atoms with Crippen molar-refractivity contribution >= 4 is 0 Å². The van der Waals surface area contributed by atoms with Gasteiger partial charge in [-0.1, -0.05) is 0 Å². The predicted molar refractivity (Wildman–Crippen MR) is 64.6 cm³/mol. The van der Waals surface area contributed by atoms with Crippen LogP contribution in [0.1, 0.15) is 24.4 Å². The first kappa shape index (κ1) is 12.5. The van der Waals surface area contributed by atoms with Crippen LogP contribution in [-0.2, 0) is 7.05 Å². The summed E-state index contributed by atoms with van der Waals surface area (Å²) in [7, 11) is 1.81. The summed E-state index contributed by atoms with van der Waals surface area (Å²) >= 11 is 0. The zero-order chi connectivity index (χ0) is 13.1. The number of aryl methyl sites for hydroxylation is 1. The molecule has 18 heavy (non-hydrogen) atoms. The van der Waals surface area contributed by atoms with Gasteiger partial charge in [0, 0.05) is 31.2 Å². The Morgan fingerprint density at radius 3 is 2.83 bits per heavy atom. The van der Waals surface area contributed by atoms with Gasteiger partial charge in [0.1, 0.15) is 5.82 Å². The van der Waals surface area contributed by atoms with Gasteiger partial charge in [-0.2, -0.15) is 0 Å². The Balaban J connectivity index is 2.39. The summed E-state index contributed by atoms with van der Waals surface area (Å²) in [6.45, 7) is 2.12. The lowest BCUT2D eigenvalue weighted by molar-refractivity contribution is 0.305. The maximum absolute atomic E-state index is 14.1. The highest BCUT2D eigenvalue weighted by molar-refractivity contribution is 5.30. The Morgan fingerprint density at radius 1 is 1.44 bits per heavy atom. The highest BCUT2D eigenvalue weighted by Crippen LogP contribution is 2.25. The van der Waals surface area contributed by atoms with Gasteiger partial charge in [-0.25, -0.2) is 14.4 Å². The monoisotopic (exact) mass is 250 g/mol. The van der Waals surface area contributed by atoms with Gasteiger partial charge in [-0.15, -0.1) is 0 Å². The molecule has 96 valence electrons. The summed E-state index contributed by atoms with van der Waals surface area (Å²) in [4.78, 5) is 7.95. The van der Waals surface area contributed by atoms with Gasteiger partial charge in [0.15, 0.2) is 5.82 Å². The van der Waals surface area contributed by atoms with Gasteiger partial charge in [-0.05, 0) is 13.0 Å². The van der Waals surface area contributed by atoms with E-state index in [9.17, 15) is 4.39 Å². The molecule has 5 nitrogen and oxygen atoms in total. The van der Waals surface area contributed by atoms with E-state index >= 15 is 0 Å². The van der Waals surface area contributed by atoms with E-state index in [1.165, 1.54) is 12.3 Å². The van der Waals surface area contributed by atoms with Crippen molar-refractivity contribution in [2.45, 2.75) is 13.0 Å². The normalized spacial score (nSPS) is 12.4. The van der Waals surface area contributed by atoms with Crippen LogP contribution in [0.25, 0.3) is 0 Å². The van der Waals surface area contributed by atoms with E-state index in [1.54, 1.807) is 23.9 Å². The molecule has 0 spiro atoms. The van der Waals surface area contributed by atoms with E-state index in [0.717, 1.165) is 0 Å². The van der Waals surface area contributed by atoms with Gasteiger partial charge in [-0.3, -0.25) is 0 Å². The van der Waals surface area contributed by atoms with Crippen LogP contribution in [0.2, 0.25) is 0 Å². The maximum atomic E-state index is 14.1. The van der Waals surface area contributed by atoms with Crippen LogP contribution < -0.4 is 10.5 Å². The molecule has 0 amide bonds. The summed E-state index contributed by atoms with van der Waals surface area (Å²) in [6.07, 6.45) is 4.86. The molecule has 1 atom stereocenters. The van der Waals surface area contributed by atoms with Crippen molar-refractivity contribution in [3.63, 3.8) is 0 Å². The number of halogens is 1. The molecule has 0 aliphatic rings. The summed E-state index contributed by atoms with van der Waals surface area (Å²) in [5, 5.41) is 0. The lowest BCUT2D eigenvalue weighted by Gasteiger charge is -2.14. The number of ether oxygens (including phenoxy) is 1. The number of aromatic nitrogens is 3. The summed E-state index contributed by atoms with van der Waals surface area (Å²) in [5.74, 6) is 0.0251. The highest BCUT2D eigenvalue weighted by atomic mass is 19.1. The molecule has 0 aliphatic heterocycles. The Labute approximate surface area is 104 Å². The average molecular weight is 250 g/mol. The quantitative estimate of drug-likeness (QED) is 0.890. The first-order valence-corrected chi connectivity index (χ1v) is 5.65. The van der Waals surface area contributed by atoms with E-state index < -0.39 is 11.9 Å². The minimum Gasteiger partial charge on any atom is -0.476 e. The van der Waals surface area contributed by atoms with Crippen molar-refractivity contribution in [1.29, 1.82) is 0 Å². The molecule has 0 aromatic carbocycles. The van der Waals surface area contributed by atoms with Crippen LogP contribution in [0.3, 0.4) is 0 Å². The fraction of sp³-hybridized carbons (Fsp3) is 0.333. The van der Waals surface area contributed by atoms with Crippen LogP contribution in [0.4, 0.5) is 4.39 Å². The molecule has 2 N–H and O–H groups in total. The first-order valence-electron chi connectivity index (χ1n) is 5.65. The van der Waals surface area contributed by atoms with E-state index in [0.29, 0.717) is 18.0 Å². The summed E-state index contributed by atoms with van der Waals surface area (Å²) in [6, 6.07) is 0.893. The number of nitrogens with two attached hydrogens (primary N) is 1. The smallest absolute Gasteiger partial charge is 0.250 e. The molecule has 0 saturated heterocycles. The van der Waals surface area contributed by atoms with E-state index in [-0.39, 0.29) is 5.88 Å². The zero-order valence-corrected chi connectivity index (χ0v) is 10.3. The Hall–Kier alpha value is -1.95. The Morgan fingerprint density at radius 2 is 2.22 bits per heavy atom. The van der Waals surface area contributed by atoms with E-state index in [2.05, 4.69) is 9.97 Å². The van der Waals surface area contributed by atoms with Gasteiger partial charge in [0.05, 0.1) is 12.6 Å². The van der Waals surface area contributed by atoms with Crippen LogP contribution in [0, 0.1) is 5.82 Å². The van der Waals surface area contributed by atoms with Crippen molar-refractivity contribution in [3.8, 4) is 5.88 Å². The topological polar surface area (TPSA) is 66.0 Å². The third-order valence-electron chi connectivity index (χ3n) is 2.64. The van der Waals surface area contributed by atoms with Crippen LogP contribution >= 0.6 is 0 Å². The third-order valence-corrected chi connectivity index (χ3v) is 2.64. The minimum atomic E-state index is -0.646. The average Bonchev–Trinajstić information content (AvgIpc) is 2.78. The van der Waals surface area contributed by atoms with Gasteiger partial charge >= 0.3 is 0 Å². The Kier molecular flexibility index (Phi) is 3.57. The van der Waals surface area contributed by atoms with E-state index in [1.807, 2.05) is 7.05 Å². The van der Waals surface area contributed by atoms with Gasteiger partial charge < -0.3 is 15.0 Å². The molecule has 0 bridgehead atoms. The molecule has 0 radical (unpaired) electrons. The predicted octanol–water partition coefficient (Wildman–Crippen LogP) is 1.40. The molecule has 0 fully saturated rings. The molecule has 0 aliphatic carbocycles. The number of nitrogens with zero attached hydrogens (tertiary/aromatic N) is 3. The lowest BCUT2D eigenvalue weighted by Crippen LogP contribution is -2.18. The van der Waals surface area contributed by atoms with Gasteiger partial charge in [0.25, 0.3) is 5.88 Å². The molecule has 0 saturated carbocycles. The van der Waals surface area contributed by atoms with Crippen LogP contribution in [0.15, 0.2) is 24.7 Å². The van der Waals surface area contributed by atoms with Crippen molar-refractivity contribution in [2.75, 3.05) is 6.61 Å². The fourth-order valence-corrected chi connectivity index (χ4v) is 1.73. The largest absolute Gasteiger partial charge is 0.476 e. The van der Waals surface area contributed by atoms with Crippen molar-refractivity contribution in [1.82, 2.24) is 14.5 Å². The van der Waals surface area contributed by atoms with E-state index in [4.69, 9.17) is 10.5 Å². The van der Waals surface area contributed by atoms with Crippen LogP contribution in [0.5, 0.6) is 5.88 Å². The maximum Gasteiger partial charge on any atom is 0.250 e. The number of rotatable bonds is 4. The second-order valence-corrected chi connectivity index (χ2v) is 3.83. The lowest BCUT2D eigenvalue weighted by atomic mass is 10.1. The number of hydrogen-bond acceptors (Lipinski definition) is 4.